The van der Waals surface area contributed by atoms with Crippen LogP contribution in [-0.4, -0.2) is 43.7 Å². The molecule has 0 aliphatic carbocycles. The van der Waals surface area contributed by atoms with Gasteiger partial charge in [-0.05, 0) is 24.5 Å². The second kappa shape index (κ2) is 8.15. The molecule has 1 aromatic rings. The Morgan fingerprint density at radius 1 is 1.33 bits per heavy atom. The monoisotopic (exact) mass is 290 g/mol. The van der Waals surface area contributed by atoms with Gasteiger partial charge < -0.3 is 15.0 Å². The predicted molar refractivity (Wildman–Crippen MR) is 84.3 cm³/mol. The number of hydrogen-bond donors (Lipinski definition) is 1. The van der Waals surface area contributed by atoms with Crippen LogP contribution >= 0.6 is 0 Å². The Balaban J connectivity index is 2.05. The zero-order chi connectivity index (χ0) is 15.1. The number of piperazine rings is 1. The van der Waals surface area contributed by atoms with Crippen molar-refractivity contribution in [3.8, 4) is 0 Å². The van der Waals surface area contributed by atoms with Crippen LogP contribution in [0.15, 0.2) is 24.3 Å². The predicted octanol–water partition coefficient (Wildman–Crippen LogP) is 2.15. The lowest BCUT2D eigenvalue weighted by Crippen LogP contribution is -2.48. The van der Waals surface area contributed by atoms with Crippen LogP contribution in [0.5, 0.6) is 0 Å². The van der Waals surface area contributed by atoms with Gasteiger partial charge in [-0.2, -0.15) is 0 Å². The van der Waals surface area contributed by atoms with E-state index in [0.29, 0.717) is 19.6 Å². The van der Waals surface area contributed by atoms with E-state index in [1.54, 1.807) is 0 Å². The Labute approximate surface area is 127 Å². The van der Waals surface area contributed by atoms with Gasteiger partial charge in [0.05, 0.1) is 19.1 Å². The van der Waals surface area contributed by atoms with E-state index in [9.17, 15) is 4.79 Å². The summed E-state index contributed by atoms with van der Waals surface area (Å²) in [5.74, 6) is 0.189. The van der Waals surface area contributed by atoms with E-state index < -0.39 is 0 Å². The Bertz CT molecular complexity index is 445. The van der Waals surface area contributed by atoms with Crippen LogP contribution < -0.4 is 5.32 Å². The van der Waals surface area contributed by atoms with Crippen LogP contribution in [0.4, 0.5) is 0 Å². The van der Waals surface area contributed by atoms with Crippen molar-refractivity contribution in [1.29, 1.82) is 0 Å². The van der Waals surface area contributed by atoms with Crippen molar-refractivity contribution in [2.75, 3.05) is 32.8 Å². The first kappa shape index (κ1) is 16.0. The number of nitrogens with one attached hydrogen (secondary N) is 1. The molecule has 0 radical (unpaired) electrons. The van der Waals surface area contributed by atoms with E-state index in [-0.39, 0.29) is 11.9 Å². The number of rotatable bonds is 6. The van der Waals surface area contributed by atoms with E-state index in [1.165, 1.54) is 11.1 Å². The zero-order valence-electron chi connectivity index (χ0n) is 13.1. The van der Waals surface area contributed by atoms with Gasteiger partial charge in [0.1, 0.15) is 0 Å². The fourth-order valence-electron chi connectivity index (χ4n) is 2.72. The van der Waals surface area contributed by atoms with Crippen LogP contribution in [0.1, 0.15) is 37.4 Å². The molecule has 1 aliphatic heterocycles. The summed E-state index contributed by atoms with van der Waals surface area (Å²) in [6, 6.07) is 8.76. The molecule has 1 fully saturated rings. The van der Waals surface area contributed by atoms with Gasteiger partial charge in [0, 0.05) is 26.2 Å². The average Bonchev–Trinajstić information content (AvgIpc) is 2.55. The Hall–Kier alpha value is -1.39. The van der Waals surface area contributed by atoms with Crippen molar-refractivity contribution < 1.29 is 9.53 Å². The molecule has 1 aromatic carbocycles. The molecule has 1 saturated heterocycles. The smallest absolute Gasteiger partial charge is 0.225 e. The van der Waals surface area contributed by atoms with Crippen LogP contribution in [0.2, 0.25) is 0 Å². The maximum absolute atomic E-state index is 12.4. The van der Waals surface area contributed by atoms with E-state index in [1.807, 2.05) is 11.8 Å². The van der Waals surface area contributed by atoms with Crippen molar-refractivity contribution in [3.63, 3.8) is 0 Å². The summed E-state index contributed by atoms with van der Waals surface area (Å²) >= 11 is 0. The quantitative estimate of drug-likeness (QED) is 0.816. The van der Waals surface area contributed by atoms with E-state index in [0.717, 1.165) is 26.1 Å². The van der Waals surface area contributed by atoms with Crippen LogP contribution in [-0.2, 0) is 16.0 Å². The van der Waals surface area contributed by atoms with E-state index >= 15 is 0 Å². The number of aryl methyl sites for hydroxylation is 1. The van der Waals surface area contributed by atoms with Gasteiger partial charge in [-0.25, -0.2) is 0 Å². The first-order chi connectivity index (χ1) is 10.3. The SMILES string of the molecule is CCOCCC(=O)N1CCNCC1c1ccc(CC)cc1. The van der Waals surface area contributed by atoms with Crippen molar-refractivity contribution >= 4 is 5.91 Å². The summed E-state index contributed by atoms with van der Waals surface area (Å²) in [6.07, 6.45) is 1.51. The highest BCUT2D eigenvalue weighted by molar-refractivity contribution is 5.77. The fraction of sp³-hybridized carbons (Fsp3) is 0.588. The standard InChI is InChI=1S/C17H26N2O2/c1-3-14-5-7-15(8-6-14)16-13-18-10-11-19(16)17(20)9-12-21-4-2/h5-8,16,18H,3-4,9-13H2,1-2H3. The number of nitrogens with zero attached hydrogens (tertiary/aromatic N) is 1. The van der Waals surface area contributed by atoms with Gasteiger partial charge in [-0.1, -0.05) is 31.2 Å². The fourth-order valence-corrected chi connectivity index (χ4v) is 2.72. The maximum atomic E-state index is 12.4. The van der Waals surface area contributed by atoms with Gasteiger partial charge in [-0.3, -0.25) is 4.79 Å². The normalized spacial score (nSPS) is 18.8. The third-order valence-electron chi connectivity index (χ3n) is 4.00. The molecule has 1 unspecified atom stereocenters. The highest BCUT2D eigenvalue weighted by Crippen LogP contribution is 2.23. The number of ether oxygens (including phenoxy) is 1. The van der Waals surface area contributed by atoms with Crippen LogP contribution in [0.3, 0.4) is 0 Å². The minimum Gasteiger partial charge on any atom is -0.381 e. The lowest BCUT2D eigenvalue weighted by atomic mass is 10.0. The third-order valence-corrected chi connectivity index (χ3v) is 4.00. The van der Waals surface area contributed by atoms with E-state index in [4.69, 9.17) is 4.74 Å². The Morgan fingerprint density at radius 3 is 2.76 bits per heavy atom. The summed E-state index contributed by atoms with van der Waals surface area (Å²) in [5, 5.41) is 3.39. The van der Waals surface area contributed by atoms with Gasteiger partial charge in [0.25, 0.3) is 0 Å². The average molecular weight is 290 g/mol. The molecule has 0 saturated carbocycles. The maximum Gasteiger partial charge on any atom is 0.225 e. The number of carbonyl (C=O) groups excluding carboxylic acids is 1. The molecule has 1 N–H and O–H groups in total. The molecule has 4 nitrogen and oxygen atoms in total. The Morgan fingerprint density at radius 2 is 2.10 bits per heavy atom. The van der Waals surface area contributed by atoms with Gasteiger partial charge >= 0.3 is 0 Å². The summed E-state index contributed by atoms with van der Waals surface area (Å²) < 4.78 is 5.30. The lowest BCUT2D eigenvalue weighted by Gasteiger charge is -2.36. The van der Waals surface area contributed by atoms with Gasteiger partial charge in [-0.15, -0.1) is 0 Å². The molecule has 21 heavy (non-hydrogen) atoms. The summed E-state index contributed by atoms with van der Waals surface area (Å²) in [7, 11) is 0. The van der Waals surface area contributed by atoms with Crippen molar-refractivity contribution in [3.05, 3.63) is 35.4 Å². The molecule has 1 heterocycles. The third kappa shape index (κ3) is 4.29. The molecule has 2 rings (SSSR count). The second-order valence-electron chi connectivity index (χ2n) is 5.35. The first-order valence-corrected chi connectivity index (χ1v) is 7.93. The minimum atomic E-state index is 0.138. The van der Waals surface area contributed by atoms with Crippen molar-refractivity contribution in [1.82, 2.24) is 10.2 Å². The lowest BCUT2D eigenvalue weighted by molar-refractivity contribution is -0.135. The van der Waals surface area contributed by atoms with Gasteiger partial charge in [0.2, 0.25) is 5.91 Å². The molecule has 4 heteroatoms. The van der Waals surface area contributed by atoms with E-state index in [2.05, 4.69) is 36.5 Å². The first-order valence-electron chi connectivity index (χ1n) is 7.93. The largest absolute Gasteiger partial charge is 0.381 e. The Kier molecular flexibility index (Phi) is 6.21. The molecule has 0 spiro atoms. The number of benzene rings is 1. The van der Waals surface area contributed by atoms with Crippen molar-refractivity contribution in [2.24, 2.45) is 0 Å². The summed E-state index contributed by atoms with van der Waals surface area (Å²) in [5.41, 5.74) is 2.54. The van der Waals surface area contributed by atoms with Crippen LogP contribution in [0.25, 0.3) is 0 Å². The minimum absolute atomic E-state index is 0.138. The number of hydrogen-bond acceptors (Lipinski definition) is 3. The summed E-state index contributed by atoms with van der Waals surface area (Å²) in [6.45, 7) is 7.74. The zero-order valence-corrected chi connectivity index (χ0v) is 13.1. The number of carbonyl (C=O) groups is 1. The molecule has 116 valence electrons. The molecule has 1 atom stereocenters. The summed E-state index contributed by atoms with van der Waals surface area (Å²) in [4.78, 5) is 14.4. The highest BCUT2D eigenvalue weighted by Gasteiger charge is 2.27. The molecular formula is C17H26N2O2. The highest BCUT2D eigenvalue weighted by atomic mass is 16.5. The molecular weight excluding hydrogens is 264 g/mol. The molecule has 0 aromatic heterocycles. The molecule has 1 aliphatic rings. The van der Waals surface area contributed by atoms with Crippen molar-refractivity contribution in [2.45, 2.75) is 32.7 Å². The number of amides is 1. The second-order valence-corrected chi connectivity index (χ2v) is 5.35. The van der Waals surface area contributed by atoms with Gasteiger partial charge in [0.15, 0.2) is 0 Å². The topological polar surface area (TPSA) is 41.6 Å². The van der Waals surface area contributed by atoms with Crippen LogP contribution in [0, 0.1) is 0 Å². The molecule has 1 amide bonds. The molecule has 0 bridgehead atoms.